The van der Waals surface area contributed by atoms with Crippen molar-refractivity contribution in [3.8, 4) is 0 Å². The van der Waals surface area contributed by atoms with E-state index in [1.165, 1.54) is 0 Å². The number of carbonyl (C=O) groups excluding carboxylic acids is 12. The standard InChI is InChI=1S/C17H26O5.2C16H24O5.C15H22O5.2C15H22O4/c1-5-17(3,4)16(19)22-14-9-7-10(13(14)20-6-2)12-11(9)8-21-15(12)18;1-5-16(2,3)15(18)21-13-8-6-9(12(13)19-4)11-10(8)7-20-14(11)17;1-4-8(3)15(17)21-14-9-6-10(13(14)19-5-2)12-11(9)7-20-16(12)18;1-4-7(2)14(16)20-13-8-5-9(12(13)18-3)11-10(8)6-19-15(11)17;1-4-15(2,3)14(17)19-11-6-8-5-9(11)12-10(8)7-18-13(12)16;1-4-7(2)14(16)19-13-8(3)9-5-10(13)11-6-18-15(17)12(9)11/h9-14H,5-8H2,1-4H3;8-13H,5-7H2,1-4H3;8-14H,4-7H2,1-3H3;7-13H,4-6H2,1-3H3;8-12H,4-7H2,1-3H3;7-13H,4-6H2,1-3H3. The van der Waals surface area contributed by atoms with Crippen LogP contribution in [0.25, 0.3) is 0 Å². The molecule has 0 aromatic rings. The van der Waals surface area contributed by atoms with Gasteiger partial charge in [-0.1, -0.05) is 69.2 Å². The zero-order valence-electron chi connectivity index (χ0n) is 75.7. The number of fused-ring (bicyclic) bond motifs is 30. The van der Waals surface area contributed by atoms with Crippen LogP contribution in [-0.2, 0) is 133 Å². The van der Waals surface area contributed by atoms with E-state index in [0.29, 0.717) is 76.5 Å². The Bertz CT molecular complexity index is 3840. The molecule has 18 fully saturated rings. The highest BCUT2D eigenvalue weighted by Crippen LogP contribution is 2.63. The second-order valence-electron chi connectivity index (χ2n) is 40.8. The molecule has 12 bridgehead atoms. The smallest absolute Gasteiger partial charge is 0.311 e. The fraction of sp³-hybridized carbons (Fsp3) is 0.872. The molecule has 0 aromatic carbocycles. The van der Waals surface area contributed by atoms with Gasteiger partial charge in [0.25, 0.3) is 0 Å². The van der Waals surface area contributed by atoms with Crippen LogP contribution in [0, 0.1) is 182 Å². The summed E-state index contributed by atoms with van der Waals surface area (Å²) in [5, 5.41) is 0. The van der Waals surface area contributed by atoms with Gasteiger partial charge in [0.15, 0.2) is 0 Å². The lowest BCUT2D eigenvalue weighted by molar-refractivity contribution is -0.177. The number of cyclic esters (lactones) is 6. The molecule has 0 aromatic heterocycles. The average molecular weight is 1720 g/mol. The van der Waals surface area contributed by atoms with Crippen molar-refractivity contribution in [1.82, 2.24) is 0 Å². The first-order chi connectivity index (χ1) is 57.9. The van der Waals surface area contributed by atoms with Crippen LogP contribution in [-0.4, -0.2) is 200 Å². The molecule has 6 saturated heterocycles. The molecule has 122 heavy (non-hydrogen) atoms. The molecule has 38 unspecified atom stereocenters. The average Bonchev–Trinajstić information content (AvgIpc) is 1.60. The fourth-order valence-electron chi connectivity index (χ4n) is 24.9. The Kier molecular flexibility index (Phi) is 28.6. The zero-order valence-corrected chi connectivity index (χ0v) is 75.7. The second-order valence-corrected chi connectivity index (χ2v) is 40.8. The molecule has 28 heteroatoms. The molecule has 0 amide bonds. The molecule has 12 aliphatic carbocycles. The van der Waals surface area contributed by atoms with Gasteiger partial charge in [0, 0.05) is 122 Å². The summed E-state index contributed by atoms with van der Waals surface area (Å²) in [6, 6.07) is 0. The Balaban J connectivity index is 0.000000126. The van der Waals surface area contributed by atoms with E-state index >= 15 is 0 Å². The maximum atomic E-state index is 12.5. The second kappa shape index (κ2) is 37.4. The Hall–Kier alpha value is -6.52. The minimum Gasteiger partial charge on any atom is -0.465 e. The van der Waals surface area contributed by atoms with Gasteiger partial charge in [-0.25, -0.2) is 0 Å². The van der Waals surface area contributed by atoms with Crippen molar-refractivity contribution in [2.75, 3.05) is 67.1 Å². The predicted octanol–water partition coefficient (Wildman–Crippen LogP) is 11.3. The highest BCUT2D eigenvalue weighted by Gasteiger charge is 2.71. The van der Waals surface area contributed by atoms with E-state index in [2.05, 4.69) is 6.92 Å². The SMILES string of the molecule is CCC(C)(C)C(=O)OC1C2CC(C1OC)C1C(=O)OCC21.CCC(C)(C)C(=O)OC1CC2CC1C1C(=O)OCC21.CCC(C)C(=O)OC1C(C)C2CC1C1COC(=O)C21.CCC(C)C(=O)OC1C2CC(C1OC)C1C(=O)OCC21.CCOC1C2CC(C3COC(=O)C32)C1OC(=O)C(C)(C)CC.CCOC1C2CC(C3COC(=O)C32)C1OC(=O)C(C)CC. The molecule has 6 heterocycles. The third kappa shape index (κ3) is 17.0. The van der Waals surface area contributed by atoms with E-state index in [0.717, 1.165) is 83.5 Å². The molecule has 0 N–H and O–H groups in total. The number of esters is 12. The lowest BCUT2D eigenvalue weighted by Gasteiger charge is -2.36. The van der Waals surface area contributed by atoms with Crippen LogP contribution in [0.3, 0.4) is 0 Å². The number of rotatable bonds is 24. The van der Waals surface area contributed by atoms with Gasteiger partial charge >= 0.3 is 71.6 Å². The fourth-order valence-corrected chi connectivity index (χ4v) is 24.9. The Labute approximate surface area is 719 Å². The predicted molar refractivity (Wildman–Crippen MR) is 433 cm³/mol. The Morgan fingerprint density at radius 3 is 0.893 bits per heavy atom. The first kappa shape index (κ1) is 93.1. The summed E-state index contributed by atoms with van der Waals surface area (Å²) in [5.74, 6) is 2.66. The molecule has 6 aliphatic heterocycles. The van der Waals surface area contributed by atoms with Crippen LogP contribution in [0.1, 0.15) is 208 Å². The monoisotopic (exact) mass is 1720 g/mol. The zero-order chi connectivity index (χ0) is 88.5. The number of hydrogen-bond donors (Lipinski definition) is 0. The van der Waals surface area contributed by atoms with E-state index in [9.17, 15) is 57.5 Å². The molecular weight excluding hydrogens is 1580 g/mol. The number of hydrogen-bond acceptors (Lipinski definition) is 28. The molecule has 0 spiro atoms. The maximum Gasteiger partial charge on any atom is 0.311 e. The topological polar surface area (TPSA) is 353 Å². The van der Waals surface area contributed by atoms with Gasteiger partial charge in [-0.15, -0.1) is 0 Å². The molecule has 684 valence electrons. The van der Waals surface area contributed by atoms with Crippen molar-refractivity contribution < 1.29 is 133 Å². The van der Waals surface area contributed by atoms with Gasteiger partial charge < -0.3 is 75.8 Å². The summed E-state index contributed by atoms with van der Waals surface area (Å²) in [4.78, 5) is 144. The minimum absolute atomic E-state index is 0.0118. The molecule has 28 nitrogen and oxygen atoms in total. The summed E-state index contributed by atoms with van der Waals surface area (Å²) in [7, 11) is 3.26. The summed E-state index contributed by atoms with van der Waals surface area (Å²) in [5.41, 5.74) is -1.40. The van der Waals surface area contributed by atoms with Crippen LogP contribution in [0.5, 0.6) is 0 Å². The lowest BCUT2D eigenvalue weighted by Crippen LogP contribution is -2.47. The van der Waals surface area contributed by atoms with Gasteiger partial charge in [-0.3, -0.25) is 57.5 Å². The van der Waals surface area contributed by atoms with E-state index in [1.807, 2.05) is 118 Å². The van der Waals surface area contributed by atoms with Crippen molar-refractivity contribution >= 4 is 71.6 Å². The summed E-state index contributed by atoms with van der Waals surface area (Å²) >= 11 is 0. The molecule has 18 aliphatic rings. The maximum absolute atomic E-state index is 12.5. The normalized spacial score (nSPS) is 41.8. The number of ether oxygens (including phenoxy) is 16. The summed E-state index contributed by atoms with van der Waals surface area (Å²) in [6.07, 6.45) is 9.48. The highest BCUT2D eigenvalue weighted by molar-refractivity contribution is 5.82. The van der Waals surface area contributed by atoms with Gasteiger partial charge in [-0.05, 0) is 157 Å². The molecule has 12 saturated carbocycles. The van der Waals surface area contributed by atoms with Crippen LogP contribution >= 0.6 is 0 Å². The largest absolute Gasteiger partial charge is 0.465 e. The molecular formula is C94H140O28. The van der Waals surface area contributed by atoms with E-state index in [4.69, 9.17) is 75.8 Å². The molecule has 18 rings (SSSR count). The van der Waals surface area contributed by atoms with E-state index < -0.39 is 16.2 Å². The Morgan fingerprint density at radius 2 is 0.574 bits per heavy atom. The summed E-state index contributed by atoms with van der Waals surface area (Å²) < 4.78 is 88.7. The van der Waals surface area contributed by atoms with Crippen LogP contribution in [0.15, 0.2) is 0 Å². The molecule has 38 atom stereocenters. The number of carbonyl (C=O) groups is 12. The van der Waals surface area contributed by atoms with Gasteiger partial charge in [0.2, 0.25) is 0 Å². The van der Waals surface area contributed by atoms with Crippen LogP contribution in [0.4, 0.5) is 0 Å². The van der Waals surface area contributed by atoms with Crippen molar-refractivity contribution in [2.45, 2.75) is 269 Å². The van der Waals surface area contributed by atoms with Crippen molar-refractivity contribution in [2.24, 2.45) is 182 Å². The van der Waals surface area contributed by atoms with Gasteiger partial charge in [-0.2, -0.15) is 0 Å². The van der Waals surface area contributed by atoms with E-state index in [1.54, 1.807) is 14.2 Å². The lowest BCUT2D eigenvalue weighted by atomic mass is 9.74. The van der Waals surface area contributed by atoms with E-state index in [-0.39, 0.29) is 275 Å². The number of methoxy groups -OCH3 is 2. The van der Waals surface area contributed by atoms with Crippen LogP contribution in [0.2, 0.25) is 0 Å². The first-order valence-corrected chi connectivity index (χ1v) is 46.5. The summed E-state index contributed by atoms with van der Waals surface area (Å²) in [6.45, 7) is 39.1. The van der Waals surface area contributed by atoms with Crippen molar-refractivity contribution in [1.29, 1.82) is 0 Å². The third-order valence-corrected chi connectivity index (χ3v) is 33.7. The molecule has 0 radical (unpaired) electrons. The van der Waals surface area contributed by atoms with Gasteiger partial charge in [0.05, 0.1) is 134 Å². The van der Waals surface area contributed by atoms with Crippen molar-refractivity contribution in [3.63, 3.8) is 0 Å². The third-order valence-electron chi connectivity index (χ3n) is 33.7. The Morgan fingerprint density at radius 1 is 0.311 bits per heavy atom. The quantitative estimate of drug-likeness (QED) is 0.0640. The highest BCUT2D eigenvalue weighted by atomic mass is 16.6. The van der Waals surface area contributed by atoms with Crippen LogP contribution < -0.4 is 0 Å². The van der Waals surface area contributed by atoms with Crippen molar-refractivity contribution in [3.05, 3.63) is 0 Å². The van der Waals surface area contributed by atoms with Gasteiger partial charge in [0.1, 0.15) is 36.6 Å². The minimum atomic E-state index is -0.486. The first-order valence-electron chi connectivity index (χ1n) is 46.5.